The van der Waals surface area contributed by atoms with E-state index in [1.165, 1.54) is 42.5 Å². The van der Waals surface area contributed by atoms with Crippen molar-refractivity contribution in [1.29, 1.82) is 0 Å². The fourth-order valence-electron chi connectivity index (χ4n) is 9.64. The van der Waals surface area contributed by atoms with Gasteiger partial charge in [0.25, 0.3) is 11.8 Å². The van der Waals surface area contributed by atoms with Gasteiger partial charge in [0.1, 0.15) is 25.4 Å². The summed E-state index contributed by atoms with van der Waals surface area (Å²) in [7, 11) is 3.14. The second kappa shape index (κ2) is 42.7. The van der Waals surface area contributed by atoms with Crippen LogP contribution in [-0.2, 0) is 73.4 Å². The summed E-state index contributed by atoms with van der Waals surface area (Å²) < 4.78 is 21.5. The summed E-state index contributed by atoms with van der Waals surface area (Å²) in [5.74, 6) is -7.32. The summed E-state index contributed by atoms with van der Waals surface area (Å²) in [6, 6.07) is 40.3. The topological polar surface area (TPSA) is 232 Å². The maximum atomic E-state index is 13.3. The van der Waals surface area contributed by atoms with Crippen molar-refractivity contribution in [3.63, 3.8) is 0 Å². The number of hydrogen-bond acceptors (Lipinski definition) is 12. The number of carboxylic acid groups (broad SMARTS) is 4. The number of ether oxygens (including phenoxy) is 4. The molecule has 0 spiro atoms. The van der Waals surface area contributed by atoms with Crippen LogP contribution in [0.1, 0.15) is 99.3 Å². The van der Waals surface area contributed by atoms with Crippen LogP contribution in [0.15, 0.2) is 121 Å². The van der Waals surface area contributed by atoms with Crippen LogP contribution >= 0.6 is 46.4 Å². The predicted octanol–water partition coefficient (Wildman–Crippen LogP) is 4.68. The molecule has 22 heteroatoms. The number of carbonyl (C=O) groups is 6. The number of benzene rings is 6. The number of hydrogen-bond donors (Lipinski definition) is 2. The quantitative estimate of drug-likeness (QED) is 0.0396. The van der Waals surface area contributed by atoms with Crippen molar-refractivity contribution in [1.82, 2.24) is 9.80 Å². The van der Waals surface area contributed by atoms with Crippen LogP contribution in [0.5, 0.6) is 0 Å². The number of aliphatic carboxylic acids is 4. The van der Waals surface area contributed by atoms with Gasteiger partial charge in [-0.3, -0.25) is 9.59 Å². The maximum absolute atomic E-state index is 13.3. The molecule has 4 atom stereocenters. The molecule has 0 aliphatic rings. The van der Waals surface area contributed by atoms with E-state index in [-0.39, 0.29) is 72.3 Å². The number of amides is 2. The van der Waals surface area contributed by atoms with E-state index in [2.05, 4.69) is 60.7 Å². The van der Waals surface area contributed by atoms with Gasteiger partial charge in [0.15, 0.2) is 12.2 Å². The summed E-state index contributed by atoms with van der Waals surface area (Å²) in [6.45, 7) is -0.825. The zero-order valence-corrected chi connectivity index (χ0v) is 57.6. The van der Waals surface area contributed by atoms with Crippen molar-refractivity contribution in [2.24, 2.45) is 0 Å². The Hall–Kier alpha value is -4.34. The first-order valence-electron chi connectivity index (χ1n) is 29.0. The molecule has 2 N–H and O–H groups in total. The van der Waals surface area contributed by atoms with Crippen molar-refractivity contribution in [3.8, 4) is 0 Å². The van der Waals surface area contributed by atoms with E-state index in [0.29, 0.717) is 58.9 Å². The molecule has 6 rings (SSSR count). The number of carboxylic acids is 4. The Kier molecular flexibility index (Phi) is 37.8. The number of rotatable bonds is 38. The van der Waals surface area contributed by atoms with E-state index < -0.39 is 73.3 Å². The average Bonchev–Trinajstić information content (AvgIpc) is 3.65. The van der Waals surface area contributed by atoms with Gasteiger partial charge in [-0.15, -0.1) is 0 Å². The van der Waals surface area contributed by atoms with E-state index in [9.17, 15) is 39.0 Å². The molecular formula is C66H76Cl4N2Na2O14. The standard InChI is InChI=1S/2C33H39Cl2NO7.2Na/c2*1-36(18-8-2-4-10-23-14-16-25-12-6-7-13-26(25)20-23)32(39)30(31(33(40)41)43-22-29(37)38)42-19-9-3-5-11-24-15-17-27(34)28(35)21-24;;/h2*6-7,12-17,20-21,30-31H,2-5,8-11,18-19,22H2,1H3,(H,37,38)(H,40,41);;/q;;2*+1/p-2/t2*30-,31-;;/m11../s1. The SMILES string of the molecule is CN(CCCCCc1ccc2ccccc2c1)C(=O)[C@H](OCCCCCc1ccc(Cl)c(Cl)c1)[C@@H](OCC(=O)O)C(=O)[O-].CN(CCCCCc1ccc2ccccc2c1)C(=O)[C@H](OCCCCCc1ccc(Cl)c(Cl)c1)[C@@H](OCC(=O)O)C(=O)[O-].[Na+].[Na+]. The van der Waals surface area contributed by atoms with Gasteiger partial charge in [-0.2, -0.15) is 0 Å². The average molecular weight is 1310 g/mol. The normalized spacial score (nSPS) is 12.3. The van der Waals surface area contributed by atoms with Crippen LogP contribution in [0, 0.1) is 0 Å². The van der Waals surface area contributed by atoms with Crippen LogP contribution in [0.2, 0.25) is 20.1 Å². The minimum atomic E-state index is -1.85. The second-order valence-corrected chi connectivity index (χ2v) is 22.7. The van der Waals surface area contributed by atoms with Crippen LogP contribution in [0.25, 0.3) is 21.5 Å². The molecule has 6 aromatic carbocycles. The Morgan fingerprint density at radius 2 is 0.716 bits per heavy atom. The third kappa shape index (κ3) is 28.0. The molecule has 0 unspecified atom stereocenters. The molecular weight excluding hydrogens is 1230 g/mol. The molecule has 0 aromatic heterocycles. The Morgan fingerprint density at radius 1 is 0.398 bits per heavy atom. The molecule has 0 heterocycles. The molecule has 0 radical (unpaired) electrons. The third-order valence-corrected chi connectivity index (χ3v) is 15.8. The van der Waals surface area contributed by atoms with Gasteiger partial charge in [-0.1, -0.05) is 169 Å². The van der Waals surface area contributed by atoms with E-state index in [4.69, 9.17) is 75.6 Å². The number of aryl methyl sites for hydroxylation is 4. The number of likely N-dealkylation sites (N-methyl/N-ethyl adjacent to an activating group) is 2. The smallest absolute Gasteiger partial charge is 0.547 e. The summed E-state index contributed by atoms with van der Waals surface area (Å²) in [5.41, 5.74) is 4.59. The minimum Gasteiger partial charge on any atom is -0.547 e. The van der Waals surface area contributed by atoms with Gasteiger partial charge in [0.2, 0.25) is 0 Å². The molecule has 6 aromatic rings. The maximum Gasteiger partial charge on any atom is 1.00 e. The number of carbonyl (C=O) groups excluding carboxylic acids is 4. The van der Waals surface area contributed by atoms with Crippen LogP contribution < -0.4 is 69.3 Å². The van der Waals surface area contributed by atoms with Crippen molar-refractivity contribution in [2.75, 3.05) is 53.6 Å². The van der Waals surface area contributed by atoms with Gasteiger partial charge in [-0.25, -0.2) is 9.59 Å². The molecule has 16 nitrogen and oxygen atoms in total. The number of halogens is 4. The van der Waals surface area contributed by atoms with Crippen LogP contribution in [-0.4, -0.2) is 134 Å². The zero-order valence-electron chi connectivity index (χ0n) is 50.6. The minimum absolute atomic E-state index is 0. The van der Waals surface area contributed by atoms with Gasteiger partial charge >= 0.3 is 71.1 Å². The molecule has 0 aliphatic heterocycles. The van der Waals surface area contributed by atoms with Crippen LogP contribution in [0.4, 0.5) is 0 Å². The van der Waals surface area contributed by atoms with Gasteiger partial charge in [0, 0.05) is 40.4 Å². The van der Waals surface area contributed by atoms with Crippen molar-refractivity contribution < 1.29 is 127 Å². The van der Waals surface area contributed by atoms with Gasteiger partial charge in [-0.05, 0) is 145 Å². The number of nitrogens with zero attached hydrogens (tertiary/aromatic N) is 2. The van der Waals surface area contributed by atoms with E-state index >= 15 is 0 Å². The predicted molar refractivity (Wildman–Crippen MR) is 331 cm³/mol. The Morgan fingerprint density at radius 3 is 1.05 bits per heavy atom. The Balaban J connectivity index is 0.000000450. The molecule has 464 valence electrons. The summed E-state index contributed by atoms with van der Waals surface area (Å²) in [6.07, 6.45) is 5.89. The zero-order chi connectivity index (χ0) is 62.4. The third-order valence-electron chi connectivity index (χ3n) is 14.4. The molecule has 2 amide bonds. The Labute approximate surface area is 580 Å². The molecule has 88 heavy (non-hydrogen) atoms. The molecule has 0 fully saturated rings. The van der Waals surface area contributed by atoms with Crippen molar-refractivity contribution in [3.05, 3.63) is 164 Å². The van der Waals surface area contributed by atoms with E-state index in [0.717, 1.165) is 88.2 Å². The fourth-order valence-corrected chi connectivity index (χ4v) is 10.3. The number of fused-ring (bicyclic) bond motifs is 2. The van der Waals surface area contributed by atoms with Gasteiger partial charge in [0.05, 0.1) is 32.0 Å². The van der Waals surface area contributed by atoms with Crippen molar-refractivity contribution >= 4 is 104 Å². The largest absolute Gasteiger partial charge is 1.00 e. The summed E-state index contributed by atoms with van der Waals surface area (Å²) >= 11 is 24.1. The van der Waals surface area contributed by atoms with Gasteiger partial charge < -0.3 is 58.8 Å². The summed E-state index contributed by atoms with van der Waals surface area (Å²) in [4.78, 5) is 75.1. The molecule has 0 saturated heterocycles. The monoisotopic (exact) mass is 1310 g/mol. The molecule has 0 bridgehead atoms. The Bertz CT molecular complexity index is 2950. The molecule has 0 saturated carbocycles. The van der Waals surface area contributed by atoms with Crippen molar-refractivity contribution in [2.45, 2.75) is 127 Å². The summed E-state index contributed by atoms with van der Waals surface area (Å²) in [5, 5.41) is 48.4. The van der Waals surface area contributed by atoms with E-state index in [1.54, 1.807) is 26.2 Å². The van der Waals surface area contributed by atoms with Crippen LogP contribution in [0.3, 0.4) is 0 Å². The fraction of sp³-hybridized carbons (Fsp3) is 0.424. The second-order valence-electron chi connectivity index (χ2n) is 21.1. The molecule has 0 aliphatic carbocycles. The first kappa shape index (κ1) is 77.9. The number of unbranched alkanes of at least 4 members (excludes halogenated alkanes) is 8. The first-order chi connectivity index (χ1) is 41.3. The first-order valence-corrected chi connectivity index (χ1v) is 30.5. The van der Waals surface area contributed by atoms with E-state index in [1.807, 2.05) is 48.5 Å².